The number of nitrogens with two attached hydrogens (primary N) is 1. The lowest BCUT2D eigenvalue weighted by Gasteiger charge is -2.23. The van der Waals surface area contributed by atoms with Crippen molar-refractivity contribution in [3.63, 3.8) is 0 Å². The van der Waals surface area contributed by atoms with E-state index in [1.807, 2.05) is 0 Å². The molecule has 0 bridgehead atoms. The first kappa shape index (κ1) is 16.2. The first-order chi connectivity index (χ1) is 9.23. The molecule has 1 unspecified atom stereocenters. The minimum atomic E-state index is -3.74. The van der Waals surface area contributed by atoms with Crippen LogP contribution in [0, 0.1) is 0 Å². The Hall–Kier alpha value is -0.140. The molecule has 0 spiro atoms. The zero-order valence-corrected chi connectivity index (χ0v) is 14.1. The maximum atomic E-state index is 12.4. The van der Waals surface area contributed by atoms with Crippen LogP contribution in [0.15, 0.2) is 17.0 Å². The molecule has 4 nitrogen and oxygen atoms in total. The van der Waals surface area contributed by atoms with E-state index in [0.29, 0.717) is 11.6 Å². The summed E-state index contributed by atoms with van der Waals surface area (Å²) >= 11 is 13.5. The topological polar surface area (TPSA) is 72.2 Å². The summed E-state index contributed by atoms with van der Waals surface area (Å²) in [4.78, 5) is -0.102. The summed E-state index contributed by atoms with van der Waals surface area (Å²) in [5.41, 5.74) is 5.79. The first-order valence-corrected chi connectivity index (χ1v) is 9.34. The second-order valence-corrected chi connectivity index (χ2v) is 9.26. The van der Waals surface area contributed by atoms with Crippen LogP contribution in [0.25, 0.3) is 0 Å². The van der Waals surface area contributed by atoms with Gasteiger partial charge in [0, 0.05) is 16.3 Å². The van der Waals surface area contributed by atoms with Crippen molar-refractivity contribution < 1.29 is 8.42 Å². The Morgan fingerprint density at radius 1 is 1.45 bits per heavy atom. The predicted octanol–water partition coefficient (Wildman–Crippen LogP) is 3.14. The summed E-state index contributed by atoms with van der Waals surface area (Å²) in [6.45, 7) is 2.42. The maximum Gasteiger partial charge on any atom is 0.244 e. The average molecular weight is 355 g/mol. The Bertz CT molecular complexity index is 591. The fraction of sp³-hybridized carbons (Fsp3) is 0.500. The van der Waals surface area contributed by atoms with Gasteiger partial charge < -0.3 is 5.73 Å². The van der Waals surface area contributed by atoms with Crippen molar-refractivity contribution in [3.8, 4) is 0 Å². The standard InChI is InChI=1S/C12H16Cl2N2O2S2/c1-12(3-2-4-19-12)7-16-20(17,18)11-9(14)5-8(13)6-10(11)15/h5-6,16H,2-4,7,15H2,1H3. The number of anilines is 1. The second-order valence-electron chi connectivity index (χ2n) is 5.03. The van der Waals surface area contributed by atoms with Gasteiger partial charge in [-0.2, -0.15) is 11.8 Å². The van der Waals surface area contributed by atoms with Crippen LogP contribution >= 0.6 is 35.0 Å². The van der Waals surface area contributed by atoms with E-state index in [2.05, 4.69) is 11.6 Å². The molecular formula is C12H16Cl2N2O2S2. The smallest absolute Gasteiger partial charge is 0.244 e. The highest BCUT2D eigenvalue weighted by molar-refractivity contribution is 8.01. The van der Waals surface area contributed by atoms with Crippen molar-refractivity contribution >= 4 is 50.7 Å². The molecule has 0 saturated carbocycles. The highest BCUT2D eigenvalue weighted by Gasteiger charge is 2.32. The van der Waals surface area contributed by atoms with E-state index >= 15 is 0 Å². The molecule has 1 saturated heterocycles. The van der Waals surface area contributed by atoms with Gasteiger partial charge in [-0.3, -0.25) is 0 Å². The molecule has 1 aromatic rings. The molecule has 0 amide bonds. The van der Waals surface area contributed by atoms with Gasteiger partial charge in [0.1, 0.15) is 4.90 Å². The monoisotopic (exact) mass is 354 g/mol. The van der Waals surface area contributed by atoms with Crippen molar-refractivity contribution in [1.29, 1.82) is 0 Å². The number of nitrogen functional groups attached to an aromatic ring is 1. The molecule has 0 aromatic heterocycles. The normalized spacial score (nSPS) is 23.1. The predicted molar refractivity (Wildman–Crippen MR) is 86.2 cm³/mol. The molecule has 20 heavy (non-hydrogen) atoms. The fourth-order valence-corrected chi connectivity index (χ4v) is 5.65. The Morgan fingerprint density at radius 2 is 2.15 bits per heavy atom. The third-order valence-corrected chi connectivity index (χ3v) is 6.93. The van der Waals surface area contributed by atoms with E-state index < -0.39 is 10.0 Å². The number of halogens is 2. The van der Waals surface area contributed by atoms with Gasteiger partial charge in [0.15, 0.2) is 0 Å². The number of hydrogen-bond acceptors (Lipinski definition) is 4. The van der Waals surface area contributed by atoms with Gasteiger partial charge in [-0.1, -0.05) is 23.2 Å². The molecule has 1 fully saturated rings. The maximum absolute atomic E-state index is 12.4. The average Bonchev–Trinajstić information content (AvgIpc) is 2.73. The first-order valence-electron chi connectivity index (χ1n) is 6.12. The largest absolute Gasteiger partial charge is 0.398 e. The zero-order chi connectivity index (χ0) is 15.0. The van der Waals surface area contributed by atoms with Crippen molar-refractivity contribution in [2.75, 3.05) is 18.0 Å². The minimum Gasteiger partial charge on any atom is -0.398 e. The van der Waals surface area contributed by atoms with E-state index in [-0.39, 0.29) is 20.4 Å². The Balaban J connectivity index is 2.23. The van der Waals surface area contributed by atoms with Crippen molar-refractivity contribution in [2.45, 2.75) is 29.4 Å². The summed E-state index contributed by atoms with van der Waals surface area (Å²) in [5, 5.41) is 0.344. The van der Waals surface area contributed by atoms with E-state index in [4.69, 9.17) is 28.9 Å². The summed E-state index contributed by atoms with van der Waals surface area (Å²) < 4.78 is 27.2. The molecule has 1 aliphatic heterocycles. The lowest BCUT2D eigenvalue weighted by atomic mass is 10.1. The molecule has 0 radical (unpaired) electrons. The summed E-state index contributed by atoms with van der Waals surface area (Å²) in [7, 11) is -3.74. The van der Waals surface area contributed by atoms with Gasteiger partial charge in [-0.15, -0.1) is 0 Å². The molecular weight excluding hydrogens is 339 g/mol. The summed E-state index contributed by atoms with van der Waals surface area (Å²) in [5.74, 6) is 1.06. The highest BCUT2D eigenvalue weighted by atomic mass is 35.5. The van der Waals surface area contributed by atoms with Crippen LogP contribution in [0.2, 0.25) is 10.0 Å². The fourth-order valence-electron chi connectivity index (χ4n) is 2.16. The van der Waals surface area contributed by atoms with Crippen LogP contribution in [0.3, 0.4) is 0 Å². The third kappa shape index (κ3) is 3.54. The number of hydrogen-bond donors (Lipinski definition) is 2. The van der Waals surface area contributed by atoms with Gasteiger partial charge in [0.2, 0.25) is 10.0 Å². The van der Waals surface area contributed by atoms with Crippen molar-refractivity contribution in [1.82, 2.24) is 4.72 Å². The van der Waals surface area contributed by atoms with Crippen LogP contribution in [0.4, 0.5) is 5.69 Å². The molecule has 3 N–H and O–H groups in total. The molecule has 1 atom stereocenters. The number of thioether (sulfide) groups is 1. The van der Waals surface area contributed by atoms with Gasteiger partial charge in [0.25, 0.3) is 0 Å². The Kier molecular flexibility index (Phi) is 4.81. The van der Waals surface area contributed by atoms with E-state index in [1.165, 1.54) is 12.1 Å². The van der Waals surface area contributed by atoms with E-state index in [0.717, 1.165) is 18.6 Å². The van der Waals surface area contributed by atoms with Crippen LogP contribution < -0.4 is 10.5 Å². The van der Waals surface area contributed by atoms with E-state index in [1.54, 1.807) is 11.8 Å². The summed E-state index contributed by atoms with van der Waals surface area (Å²) in [6, 6.07) is 2.76. The van der Waals surface area contributed by atoms with Crippen LogP contribution in [0.1, 0.15) is 19.8 Å². The number of rotatable bonds is 4. The lowest BCUT2D eigenvalue weighted by Crippen LogP contribution is -2.37. The molecule has 0 aliphatic carbocycles. The van der Waals surface area contributed by atoms with Crippen LogP contribution in [0.5, 0.6) is 0 Å². The lowest BCUT2D eigenvalue weighted by molar-refractivity contribution is 0.553. The SMILES string of the molecule is CC1(CNS(=O)(=O)c2c(N)cc(Cl)cc2Cl)CCCS1. The molecule has 1 aromatic carbocycles. The summed E-state index contributed by atoms with van der Waals surface area (Å²) in [6.07, 6.45) is 2.09. The molecule has 1 aliphatic rings. The Morgan fingerprint density at radius 3 is 2.70 bits per heavy atom. The minimum absolute atomic E-state index is 0.0340. The third-order valence-electron chi connectivity index (χ3n) is 3.24. The van der Waals surface area contributed by atoms with Crippen molar-refractivity contribution in [2.24, 2.45) is 0 Å². The molecule has 8 heteroatoms. The van der Waals surface area contributed by atoms with Gasteiger partial charge in [-0.05, 0) is 37.7 Å². The second kappa shape index (κ2) is 5.93. The quantitative estimate of drug-likeness (QED) is 0.814. The van der Waals surface area contributed by atoms with Gasteiger partial charge in [0.05, 0.1) is 10.7 Å². The zero-order valence-electron chi connectivity index (χ0n) is 10.9. The van der Waals surface area contributed by atoms with E-state index in [9.17, 15) is 8.42 Å². The molecule has 1 heterocycles. The molecule has 112 valence electrons. The van der Waals surface area contributed by atoms with Crippen molar-refractivity contribution in [3.05, 3.63) is 22.2 Å². The highest BCUT2D eigenvalue weighted by Crippen LogP contribution is 2.38. The number of sulfonamides is 1. The Labute approximate surface area is 133 Å². The number of benzene rings is 1. The number of nitrogens with one attached hydrogen (secondary N) is 1. The molecule has 2 rings (SSSR count). The van der Waals surface area contributed by atoms with Crippen LogP contribution in [-0.2, 0) is 10.0 Å². The van der Waals surface area contributed by atoms with Crippen LogP contribution in [-0.4, -0.2) is 25.5 Å². The van der Waals surface area contributed by atoms with Gasteiger partial charge >= 0.3 is 0 Å². The van der Waals surface area contributed by atoms with Gasteiger partial charge in [-0.25, -0.2) is 13.1 Å².